The molecule has 7 nitrogen and oxygen atoms in total. The molecule has 0 saturated carbocycles. The smallest absolute Gasteiger partial charge is 0.303 e. The molecule has 0 atom stereocenters. The SMILES string of the molecule is CCc1cc(NS(=O)(=O)CCCC(=O)O)n[nH]1. The van der Waals surface area contributed by atoms with Crippen molar-refractivity contribution in [2.45, 2.75) is 26.2 Å². The zero-order valence-electron chi connectivity index (χ0n) is 9.43. The Bertz CT molecular complexity index is 480. The first kappa shape index (κ1) is 13.5. The second kappa shape index (κ2) is 5.67. The van der Waals surface area contributed by atoms with E-state index in [1.165, 1.54) is 0 Å². The molecule has 1 aromatic rings. The van der Waals surface area contributed by atoms with Crippen molar-refractivity contribution >= 4 is 21.8 Å². The van der Waals surface area contributed by atoms with Gasteiger partial charge in [-0.3, -0.25) is 14.6 Å². The minimum absolute atomic E-state index is 0.0791. The highest BCUT2D eigenvalue weighted by molar-refractivity contribution is 7.92. The second-order valence-electron chi connectivity index (χ2n) is 3.55. The van der Waals surface area contributed by atoms with Gasteiger partial charge in [0.15, 0.2) is 5.82 Å². The summed E-state index contributed by atoms with van der Waals surface area (Å²) in [6, 6.07) is 1.61. The molecule has 0 unspecified atom stereocenters. The van der Waals surface area contributed by atoms with Crippen LogP contribution in [0.25, 0.3) is 0 Å². The number of nitrogens with one attached hydrogen (secondary N) is 2. The van der Waals surface area contributed by atoms with Crippen LogP contribution in [0.3, 0.4) is 0 Å². The predicted molar refractivity (Wildman–Crippen MR) is 62.2 cm³/mol. The van der Waals surface area contributed by atoms with E-state index in [1.54, 1.807) is 6.07 Å². The average molecular weight is 261 g/mol. The fraction of sp³-hybridized carbons (Fsp3) is 0.556. The first-order chi connectivity index (χ1) is 7.93. The summed E-state index contributed by atoms with van der Waals surface area (Å²) in [4.78, 5) is 10.3. The van der Waals surface area contributed by atoms with Gasteiger partial charge in [-0.05, 0) is 12.8 Å². The van der Waals surface area contributed by atoms with Crippen LogP contribution in [-0.4, -0.2) is 35.4 Å². The van der Waals surface area contributed by atoms with E-state index in [0.29, 0.717) is 0 Å². The summed E-state index contributed by atoms with van der Waals surface area (Å²) < 4.78 is 25.3. The van der Waals surface area contributed by atoms with E-state index in [4.69, 9.17) is 5.11 Å². The summed E-state index contributed by atoms with van der Waals surface area (Å²) in [6.45, 7) is 1.92. The third-order valence-electron chi connectivity index (χ3n) is 2.08. The number of anilines is 1. The number of hydrogen-bond acceptors (Lipinski definition) is 4. The average Bonchev–Trinajstić information content (AvgIpc) is 2.63. The number of carboxylic acid groups (broad SMARTS) is 1. The summed E-state index contributed by atoms with van der Waals surface area (Å²) in [6.07, 6.45) is 0.644. The molecule has 1 heterocycles. The Morgan fingerprint density at radius 2 is 2.29 bits per heavy atom. The lowest BCUT2D eigenvalue weighted by Crippen LogP contribution is -2.17. The maximum atomic E-state index is 11.5. The summed E-state index contributed by atoms with van der Waals surface area (Å²) in [5.74, 6) is -1.00. The quantitative estimate of drug-likeness (QED) is 0.664. The topological polar surface area (TPSA) is 112 Å². The van der Waals surface area contributed by atoms with Crippen LogP contribution in [0.4, 0.5) is 5.82 Å². The molecule has 0 aliphatic carbocycles. The Labute approximate surface area is 99.3 Å². The first-order valence-corrected chi connectivity index (χ1v) is 6.84. The number of carboxylic acids is 1. The standard InChI is InChI=1S/C9H15N3O4S/c1-2-7-6-8(11-10-7)12-17(15,16)5-3-4-9(13)14/h6H,2-5H2,1H3,(H,13,14)(H2,10,11,12). The first-order valence-electron chi connectivity index (χ1n) is 5.19. The third-order valence-corrected chi connectivity index (χ3v) is 3.42. The highest BCUT2D eigenvalue weighted by Crippen LogP contribution is 2.09. The highest BCUT2D eigenvalue weighted by atomic mass is 32.2. The molecular weight excluding hydrogens is 246 g/mol. The van der Waals surface area contributed by atoms with Crippen LogP contribution in [0.15, 0.2) is 6.07 Å². The predicted octanol–water partition coefficient (Wildman–Crippen LogP) is 0.579. The van der Waals surface area contributed by atoms with E-state index in [1.807, 2.05) is 6.92 Å². The fourth-order valence-corrected chi connectivity index (χ4v) is 2.27. The number of H-pyrrole nitrogens is 1. The van der Waals surface area contributed by atoms with E-state index >= 15 is 0 Å². The number of hydrogen-bond donors (Lipinski definition) is 3. The molecule has 96 valence electrons. The van der Waals surface area contributed by atoms with Gasteiger partial charge in [-0.2, -0.15) is 5.10 Å². The summed E-state index contributed by atoms with van der Waals surface area (Å²) >= 11 is 0. The molecule has 0 aromatic carbocycles. The van der Waals surface area contributed by atoms with Crippen molar-refractivity contribution in [2.24, 2.45) is 0 Å². The molecular formula is C9H15N3O4S. The van der Waals surface area contributed by atoms with Crippen LogP contribution in [0, 0.1) is 0 Å². The van der Waals surface area contributed by atoms with Gasteiger partial charge in [-0.15, -0.1) is 0 Å². The monoisotopic (exact) mass is 261 g/mol. The Kier molecular flexibility index (Phi) is 4.50. The van der Waals surface area contributed by atoms with Crippen LogP contribution >= 0.6 is 0 Å². The maximum Gasteiger partial charge on any atom is 0.303 e. The Morgan fingerprint density at radius 1 is 1.59 bits per heavy atom. The highest BCUT2D eigenvalue weighted by Gasteiger charge is 2.13. The summed E-state index contributed by atoms with van der Waals surface area (Å²) in [5.41, 5.74) is 0.827. The maximum absolute atomic E-state index is 11.5. The van der Waals surface area contributed by atoms with Crippen molar-refractivity contribution in [3.05, 3.63) is 11.8 Å². The lowest BCUT2D eigenvalue weighted by molar-refractivity contribution is -0.137. The number of aromatic amines is 1. The van der Waals surface area contributed by atoms with Gasteiger partial charge >= 0.3 is 5.97 Å². The molecule has 0 radical (unpaired) electrons. The van der Waals surface area contributed by atoms with Gasteiger partial charge in [0.25, 0.3) is 0 Å². The van der Waals surface area contributed by atoms with Crippen molar-refractivity contribution in [1.29, 1.82) is 0 Å². The van der Waals surface area contributed by atoms with Gasteiger partial charge in [0, 0.05) is 18.2 Å². The van der Waals surface area contributed by atoms with Crippen molar-refractivity contribution in [2.75, 3.05) is 10.5 Å². The minimum Gasteiger partial charge on any atom is -0.481 e. The van der Waals surface area contributed by atoms with Crippen molar-refractivity contribution < 1.29 is 18.3 Å². The normalized spacial score (nSPS) is 11.4. The molecule has 17 heavy (non-hydrogen) atoms. The number of aliphatic carboxylic acids is 1. The molecule has 0 aliphatic rings. The number of carbonyl (C=O) groups is 1. The number of rotatable bonds is 7. The number of aromatic nitrogens is 2. The molecule has 8 heteroatoms. The fourth-order valence-electron chi connectivity index (χ4n) is 1.22. The van der Waals surface area contributed by atoms with Gasteiger partial charge in [-0.1, -0.05) is 6.92 Å². The van der Waals surface area contributed by atoms with Crippen LogP contribution < -0.4 is 4.72 Å². The lowest BCUT2D eigenvalue weighted by Gasteiger charge is -2.03. The van der Waals surface area contributed by atoms with Gasteiger partial charge < -0.3 is 5.11 Å². The summed E-state index contributed by atoms with van der Waals surface area (Å²) in [7, 11) is -3.52. The van der Waals surface area contributed by atoms with E-state index in [2.05, 4.69) is 14.9 Å². The molecule has 0 aliphatic heterocycles. The molecule has 0 fully saturated rings. The van der Waals surface area contributed by atoms with Crippen LogP contribution in [0.5, 0.6) is 0 Å². The molecule has 1 aromatic heterocycles. The molecule has 1 rings (SSSR count). The Hall–Kier alpha value is -1.57. The largest absolute Gasteiger partial charge is 0.481 e. The number of aryl methyl sites for hydroxylation is 1. The van der Waals surface area contributed by atoms with Gasteiger partial charge in [0.1, 0.15) is 0 Å². The van der Waals surface area contributed by atoms with E-state index in [9.17, 15) is 13.2 Å². The van der Waals surface area contributed by atoms with Crippen LogP contribution in [0.2, 0.25) is 0 Å². The zero-order valence-corrected chi connectivity index (χ0v) is 10.2. The van der Waals surface area contributed by atoms with E-state index in [0.717, 1.165) is 12.1 Å². The van der Waals surface area contributed by atoms with E-state index in [-0.39, 0.29) is 24.4 Å². The molecule has 0 bridgehead atoms. The van der Waals surface area contributed by atoms with Crippen LogP contribution in [0.1, 0.15) is 25.5 Å². The second-order valence-corrected chi connectivity index (χ2v) is 5.39. The number of nitrogens with zero attached hydrogens (tertiary/aromatic N) is 1. The Balaban J connectivity index is 2.51. The van der Waals surface area contributed by atoms with Gasteiger partial charge in [0.05, 0.1) is 5.75 Å². The minimum atomic E-state index is -3.52. The van der Waals surface area contributed by atoms with Crippen molar-refractivity contribution in [1.82, 2.24) is 10.2 Å². The summed E-state index contributed by atoms with van der Waals surface area (Å²) in [5, 5.41) is 14.9. The molecule has 0 amide bonds. The third kappa shape index (κ3) is 4.85. The van der Waals surface area contributed by atoms with Gasteiger partial charge in [0.2, 0.25) is 10.0 Å². The van der Waals surface area contributed by atoms with Gasteiger partial charge in [-0.25, -0.2) is 8.42 Å². The van der Waals surface area contributed by atoms with Crippen molar-refractivity contribution in [3.8, 4) is 0 Å². The molecule has 3 N–H and O–H groups in total. The van der Waals surface area contributed by atoms with Crippen LogP contribution in [-0.2, 0) is 21.2 Å². The Morgan fingerprint density at radius 3 is 2.82 bits per heavy atom. The lowest BCUT2D eigenvalue weighted by atomic mass is 10.3. The number of sulfonamides is 1. The van der Waals surface area contributed by atoms with Crippen molar-refractivity contribution in [3.63, 3.8) is 0 Å². The molecule has 0 spiro atoms. The molecule has 0 saturated heterocycles. The zero-order chi connectivity index (χ0) is 12.9. The van der Waals surface area contributed by atoms with E-state index < -0.39 is 16.0 Å².